The number of rotatable bonds is 3. The molecule has 0 aliphatic heterocycles. The minimum atomic E-state index is -0.517. The first kappa shape index (κ1) is 12.2. The molecule has 0 amide bonds. The Kier molecular flexibility index (Phi) is 2.88. The van der Waals surface area contributed by atoms with Crippen LogP contribution in [-0.4, -0.2) is 20.0 Å². The average Bonchev–Trinajstić information content (AvgIpc) is 3.09. The van der Waals surface area contributed by atoms with Gasteiger partial charge < -0.3 is 10.3 Å². The summed E-state index contributed by atoms with van der Waals surface area (Å²) >= 11 is 1.38. The molecule has 0 aliphatic carbocycles. The number of nitro groups is 1. The summed E-state index contributed by atoms with van der Waals surface area (Å²) in [5.41, 5.74) is 8.01. The molecule has 0 aliphatic rings. The van der Waals surface area contributed by atoms with Crippen molar-refractivity contribution in [3.05, 3.63) is 40.0 Å². The maximum atomic E-state index is 10.7. The van der Waals surface area contributed by atoms with Crippen molar-refractivity contribution in [1.29, 1.82) is 0 Å². The van der Waals surface area contributed by atoms with Crippen LogP contribution in [0.2, 0.25) is 0 Å². The lowest BCUT2D eigenvalue weighted by atomic mass is 10.1. The third-order valence-corrected chi connectivity index (χ3v) is 3.32. The van der Waals surface area contributed by atoms with Crippen molar-refractivity contribution < 1.29 is 9.45 Å². The van der Waals surface area contributed by atoms with Crippen molar-refractivity contribution in [2.75, 3.05) is 5.73 Å². The Labute approximate surface area is 116 Å². The molecule has 0 spiro atoms. The number of nitrogen functional groups attached to an aromatic ring is 1. The monoisotopic (exact) mass is 289 g/mol. The summed E-state index contributed by atoms with van der Waals surface area (Å²) in [5, 5.41) is 14.5. The van der Waals surface area contributed by atoms with Crippen LogP contribution >= 0.6 is 11.3 Å². The van der Waals surface area contributed by atoms with E-state index in [-0.39, 0.29) is 17.3 Å². The van der Waals surface area contributed by atoms with Crippen molar-refractivity contribution in [2.45, 2.75) is 0 Å². The average molecular weight is 289 g/mol. The molecule has 0 unspecified atom stereocenters. The fraction of sp³-hybridized carbons (Fsp3) is 0. The number of nitrogens with zero attached hydrogens (tertiary/aromatic N) is 4. The number of thiazole rings is 1. The lowest BCUT2D eigenvalue weighted by molar-refractivity contribution is -0.384. The molecule has 8 nitrogen and oxygen atoms in total. The lowest BCUT2D eigenvalue weighted by Crippen LogP contribution is -1.94. The highest BCUT2D eigenvalue weighted by Gasteiger charge is 2.16. The van der Waals surface area contributed by atoms with Gasteiger partial charge in [0.05, 0.1) is 26.6 Å². The molecule has 0 saturated heterocycles. The number of aromatic nitrogens is 3. The summed E-state index contributed by atoms with van der Waals surface area (Å²) < 4.78 is 5.12. The molecule has 3 rings (SSSR count). The van der Waals surface area contributed by atoms with E-state index >= 15 is 0 Å². The zero-order valence-corrected chi connectivity index (χ0v) is 10.7. The van der Waals surface area contributed by atoms with E-state index in [1.807, 2.05) is 0 Å². The summed E-state index contributed by atoms with van der Waals surface area (Å²) in [6.45, 7) is 0. The van der Waals surface area contributed by atoms with Crippen LogP contribution < -0.4 is 5.73 Å². The number of nitro benzene ring substituents is 1. The van der Waals surface area contributed by atoms with Gasteiger partial charge in [-0.1, -0.05) is 5.16 Å². The highest BCUT2D eigenvalue weighted by molar-refractivity contribution is 7.13. The maximum Gasteiger partial charge on any atom is 0.271 e. The molecule has 2 aromatic heterocycles. The van der Waals surface area contributed by atoms with Crippen LogP contribution in [0, 0.1) is 10.1 Å². The Morgan fingerprint density at radius 1 is 1.40 bits per heavy atom. The van der Waals surface area contributed by atoms with E-state index in [1.54, 1.807) is 11.7 Å². The second-order valence-corrected chi connectivity index (χ2v) is 4.70. The van der Waals surface area contributed by atoms with Crippen molar-refractivity contribution in [1.82, 2.24) is 15.1 Å². The fourth-order valence-electron chi connectivity index (χ4n) is 1.62. The molecule has 0 fully saturated rings. The van der Waals surface area contributed by atoms with Gasteiger partial charge in [0.2, 0.25) is 5.82 Å². The summed E-state index contributed by atoms with van der Waals surface area (Å²) in [7, 11) is 0. The van der Waals surface area contributed by atoms with Crippen LogP contribution in [0.25, 0.3) is 22.2 Å². The van der Waals surface area contributed by atoms with Crippen LogP contribution in [0.3, 0.4) is 0 Å². The first-order chi connectivity index (χ1) is 9.65. The van der Waals surface area contributed by atoms with Gasteiger partial charge in [-0.15, -0.1) is 11.3 Å². The number of non-ortho nitro benzene ring substituents is 1. The predicted molar refractivity (Wildman–Crippen MR) is 71.9 cm³/mol. The Morgan fingerprint density at radius 2 is 2.25 bits per heavy atom. The number of benzene rings is 1. The first-order valence-corrected chi connectivity index (χ1v) is 6.30. The highest BCUT2D eigenvalue weighted by Crippen LogP contribution is 2.30. The van der Waals surface area contributed by atoms with E-state index in [4.69, 9.17) is 10.3 Å². The Morgan fingerprint density at radius 3 is 2.90 bits per heavy atom. The van der Waals surface area contributed by atoms with Gasteiger partial charge in [0.1, 0.15) is 0 Å². The zero-order valence-electron chi connectivity index (χ0n) is 9.89. The molecule has 0 radical (unpaired) electrons. The summed E-state index contributed by atoms with van der Waals surface area (Å²) in [6, 6.07) is 4.08. The molecule has 0 saturated carbocycles. The zero-order chi connectivity index (χ0) is 14.1. The third kappa shape index (κ3) is 2.10. The van der Waals surface area contributed by atoms with Crippen molar-refractivity contribution >= 4 is 22.7 Å². The first-order valence-electron chi connectivity index (χ1n) is 5.42. The normalized spacial score (nSPS) is 10.6. The van der Waals surface area contributed by atoms with E-state index in [9.17, 15) is 10.1 Å². The van der Waals surface area contributed by atoms with Crippen LogP contribution in [-0.2, 0) is 0 Å². The van der Waals surface area contributed by atoms with Gasteiger partial charge in [0.25, 0.3) is 11.6 Å². The summed E-state index contributed by atoms with van der Waals surface area (Å²) in [4.78, 5) is 19.0. The minimum Gasteiger partial charge on any atom is -0.398 e. The second kappa shape index (κ2) is 4.70. The highest BCUT2D eigenvalue weighted by atomic mass is 32.1. The van der Waals surface area contributed by atoms with Gasteiger partial charge >= 0.3 is 0 Å². The van der Waals surface area contributed by atoms with Gasteiger partial charge in [-0.3, -0.25) is 15.1 Å². The van der Waals surface area contributed by atoms with Crippen molar-refractivity contribution in [3.8, 4) is 22.2 Å². The standard InChI is InChI=1S/C11H7N5O3S/c12-8-3-6(16(17)18)1-2-7(8)11-14-10(15-19-11)9-4-13-5-20-9/h1-5H,12H2. The molecule has 2 N–H and O–H groups in total. The number of hydrogen-bond acceptors (Lipinski definition) is 8. The molecule has 1 aromatic carbocycles. The molecule has 2 heterocycles. The van der Waals surface area contributed by atoms with Crippen LogP contribution in [0.15, 0.2) is 34.4 Å². The van der Waals surface area contributed by atoms with Gasteiger partial charge in [0.15, 0.2) is 0 Å². The SMILES string of the molecule is Nc1cc([N+](=O)[O-])ccc1-c1nc(-c2cncs2)no1. The molecule has 0 bridgehead atoms. The second-order valence-electron chi connectivity index (χ2n) is 3.82. The minimum absolute atomic E-state index is 0.0894. The van der Waals surface area contributed by atoms with E-state index in [1.165, 1.54) is 29.5 Å². The van der Waals surface area contributed by atoms with Crippen LogP contribution in [0.1, 0.15) is 0 Å². The quantitative estimate of drug-likeness (QED) is 0.446. The number of anilines is 1. The Hall–Kier alpha value is -2.81. The molecule has 0 atom stereocenters. The van der Waals surface area contributed by atoms with Gasteiger partial charge in [-0.25, -0.2) is 0 Å². The third-order valence-electron chi connectivity index (χ3n) is 2.56. The van der Waals surface area contributed by atoms with E-state index < -0.39 is 4.92 Å². The smallest absolute Gasteiger partial charge is 0.271 e. The Balaban J connectivity index is 1.99. The van der Waals surface area contributed by atoms with E-state index in [0.717, 1.165) is 4.88 Å². The summed E-state index contributed by atoms with van der Waals surface area (Å²) in [6.07, 6.45) is 1.62. The molecule has 9 heteroatoms. The lowest BCUT2D eigenvalue weighted by Gasteiger charge is -1.99. The molecule has 3 aromatic rings. The van der Waals surface area contributed by atoms with Crippen LogP contribution in [0.4, 0.5) is 11.4 Å². The van der Waals surface area contributed by atoms with Gasteiger partial charge in [0, 0.05) is 18.3 Å². The van der Waals surface area contributed by atoms with E-state index in [0.29, 0.717) is 11.4 Å². The largest absolute Gasteiger partial charge is 0.398 e. The van der Waals surface area contributed by atoms with Gasteiger partial charge in [-0.05, 0) is 6.07 Å². The van der Waals surface area contributed by atoms with Crippen molar-refractivity contribution in [2.24, 2.45) is 0 Å². The number of nitrogens with two attached hydrogens (primary N) is 1. The maximum absolute atomic E-state index is 10.7. The van der Waals surface area contributed by atoms with E-state index in [2.05, 4.69) is 15.1 Å². The van der Waals surface area contributed by atoms with Gasteiger partial charge in [-0.2, -0.15) is 4.98 Å². The summed E-state index contributed by atoms with van der Waals surface area (Å²) in [5.74, 6) is 0.612. The molecule has 100 valence electrons. The number of hydrogen-bond donors (Lipinski definition) is 1. The topological polar surface area (TPSA) is 121 Å². The Bertz CT molecular complexity index is 768. The molecular formula is C11H7N5O3S. The van der Waals surface area contributed by atoms with Crippen molar-refractivity contribution in [3.63, 3.8) is 0 Å². The predicted octanol–water partition coefficient (Wildman–Crippen LogP) is 2.35. The fourth-order valence-corrected chi connectivity index (χ4v) is 2.16. The molecule has 20 heavy (non-hydrogen) atoms. The molecular weight excluding hydrogens is 282 g/mol. The van der Waals surface area contributed by atoms with Crippen LogP contribution in [0.5, 0.6) is 0 Å².